The zero-order valence-electron chi connectivity index (χ0n) is 18.9. The molecule has 4 rings (SSSR count). The maximum atomic E-state index is 5.67. The van der Waals surface area contributed by atoms with Gasteiger partial charge in [-0.25, -0.2) is 4.98 Å². The third-order valence-corrected chi connectivity index (χ3v) is 6.87. The van der Waals surface area contributed by atoms with Crippen LogP contribution in [0.2, 0.25) is 0 Å². The molecule has 0 atom stereocenters. The van der Waals surface area contributed by atoms with Crippen LogP contribution < -0.4 is 4.74 Å². The second kappa shape index (κ2) is 11.8. The highest BCUT2D eigenvalue weighted by atomic mass is 32.1. The molecule has 0 N–H and O–H groups in total. The van der Waals surface area contributed by atoms with Crippen LogP contribution in [0.25, 0.3) is 9.53 Å². The summed E-state index contributed by atoms with van der Waals surface area (Å²) in [5.74, 6) is 0.853. The smallest absolute Gasteiger partial charge is 0.231 e. The number of hydrogen-bond acceptors (Lipinski definition) is 8. The van der Waals surface area contributed by atoms with Gasteiger partial charge in [-0.2, -0.15) is 0 Å². The van der Waals surface area contributed by atoms with Gasteiger partial charge < -0.3 is 4.74 Å². The largest absolute Gasteiger partial charge is 0.494 e. The Kier molecular flexibility index (Phi) is 8.27. The van der Waals surface area contributed by atoms with Gasteiger partial charge in [-0.1, -0.05) is 61.5 Å². The van der Waals surface area contributed by atoms with Crippen molar-refractivity contribution < 1.29 is 4.74 Å². The van der Waals surface area contributed by atoms with Crippen molar-refractivity contribution in [2.75, 3.05) is 6.61 Å². The molecule has 0 aliphatic rings. The van der Waals surface area contributed by atoms with Gasteiger partial charge in [0.25, 0.3) is 0 Å². The molecular formula is C25H27N5OS2. The van der Waals surface area contributed by atoms with Crippen LogP contribution in [0, 0.1) is 0 Å². The Morgan fingerprint density at radius 3 is 2.18 bits per heavy atom. The molecular weight excluding hydrogens is 450 g/mol. The van der Waals surface area contributed by atoms with Crippen LogP contribution in [-0.4, -0.2) is 11.6 Å². The topological polar surface area (TPSA) is 71.6 Å². The first-order valence-electron chi connectivity index (χ1n) is 11.3. The number of hydrogen-bond donors (Lipinski definition) is 0. The van der Waals surface area contributed by atoms with Gasteiger partial charge in [0.05, 0.1) is 22.7 Å². The normalized spacial score (nSPS) is 11.8. The Bertz CT molecular complexity index is 1180. The molecule has 170 valence electrons. The molecule has 0 aliphatic heterocycles. The Hall–Kier alpha value is -2.97. The number of unbranched alkanes of at least 4 members (excludes halogenated alkanes) is 2. The first-order valence-corrected chi connectivity index (χ1v) is 12.9. The minimum Gasteiger partial charge on any atom is -0.494 e. The predicted molar refractivity (Wildman–Crippen MR) is 138 cm³/mol. The molecule has 0 aliphatic carbocycles. The predicted octanol–water partition coefficient (Wildman–Crippen LogP) is 9.71. The van der Waals surface area contributed by atoms with Crippen LogP contribution in [0.5, 0.6) is 5.75 Å². The van der Waals surface area contributed by atoms with Crippen LogP contribution in [0.15, 0.2) is 75.1 Å². The Labute approximate surface area is 202 Å². The molecule has 0 radical (unpaired) electrons. The van der Waals surface area contributed by atoms with Crippen molar-refractivity contribution in [3.63, 3.8) is 0 Å². The fourth-order valence-electron chi connectivity index (χ4n) is 3.06. The fraction of sp³-hybridized carbons (Fsp3) is 0.320. The molecule has 0 saturated carbocycles. The van der Waals surface area contributed by atoms with Crippen LogP contribution in [-0.2, 0) is 6.42 Å². The molecule has 0 spiro atoms. The summed E-state index contributed by atoms with van der Waals surface area (Å²) in [5, 5.41) is 18.8. The van der Waals surface area contributed by atoms with Crippen molar-refractivity contribution in [2.45, 2.75) is 46.0 Å². The fourth-order valence-corrected chi connectivity index (χ4v) is 4.91. The van der Waals surface area contributed by atoms with E-state index in [1.807, 2.05) is 42.5 Å². The lowest BCUT2D eigenvalue weighted by Crippen LogP contribution is -1.95. The third-order valence-electron chi connectivity index (χ3n) is 4.94. The highest BCUT2D eigenvalue weighted by Gasteiger charge is 2.08. The average molecular weight is 478 g/mol. The van der Waals surface area contributed by atoms with E-state index >= 15 is 0 Å². The molecule has 0 saturated heterocycles. The van der Waals surface area contributed by atoms with E-state index in [0.717, 1.165) is 57.5 Å². The highest BCUT2D eigenvalue weighted by Crippen LogP contribution is 2.39. The number of benzene rings is 2. The van der Waals surface area contributed by atoms with Gasteiger partial charge in [-0.05, 0) is 67.3 Å². The lowest BCUT2D eigenvalue weighted by Gasteiger charge is -2.04. The summed E-state index contributed by atoms with van der Waals surface area (Å²) < 4.78 is 6.71. The van der Waals surface area contributed by atoms with Crippen LogP contribution in [0.4, 0.5) is 21.5 Å². The maximum absolute atomic E-state index is 5.67. The Morgan fingerprint density at radius 1 is 0.788 bits per heavy atom. The summed E-state index contributed by atoms with van der Waals surface area (Å²) in [5.41, 5.74) is 2.97. The van der Waals surface area contributed by atoms with E-state index in [4.69, 9.17) is 4.74 Å². The summed E-state index contributed by atoms with van der Waals surface area (Å²) in [6, 6.07) is 17.9. The first-order chi connectivity index (χ1) is 16.2. The van der Waals surface area contributed by atoms with E-state index < -0.39 is 0 Å². The molecule has 2 aromatic carbocycles. The number of aryl methyl sites for hydroxylation is 1. The number of thiazole rings is 1. The van der Waals surface area contributed by atoms with E-state index in [1.54, 1.807) is 0 Å². The number of azo groups is 2. The Balaban J connectivity index is 1.35. The van der Waals surface area contributed by atoms with Gasteiger partial charge in [-0.15, -0.1) is 20.5 Å². The summed E-state index contributed by atoms with van der Waals surface area (Å²) in [7, 11) is 0. The summed E-state index contributed by atoms with van der Waals surface area (Å²) in [6.07, 6.45) is 5.70. The lowest BCUT2D eigenvalue weighted by molar-refractivity contribution is 0.309. The zero-order valence-corrected chi connectivity index (χ0v) is 20.5. The number of fused-ring (bicyclic) bond motifs is 1. The van der Waals surface area contributed by atoms with E-state index in [-0.39, 0.29) is 0 Å². The minimum atomic E-state index is 0.630. The van der Waals surface area contributed by atoms with Crippen LogP contribution in [0.1, 0.15) is 45.1 Å². The maximum Gasteiger partial charge on any atom is 0.231 e. The first kappa shape index (κ1) is 23.2. The van der Waals surface area contributed by atoms with Crippen LogP contribution >= 0.6 is 22.7 Å². The standard InChI is InChI=1S/C25H27N5OS2/c1-3-5-7-18-8-10-19(11-9-18)27-29-23-17-22-24(33-23)26-25(32-22)30-28-20-12-14-21(15-13-20)31-16-6-4-2/h8-15,17H,3-7,16H2,1-2H3. The summed E-state index contributed by atoms with van der Waals surface area (Å²) >= 11 is 3.00. The number of rotatable bonds is 11. The molecule has 0 unspecified atom stereocenters. The lowest BCUT2D eigenvalue weighted by atomic mass is 10.1. The molecule has 2 heterocycles. The molecule has 8 heteroatoms. The SMILES string of the molecule is CCCCOc1ccc(N=Nc2nc3sc(N=Nc4ccc(CCCC)cc4)cc3s2)cc1. The van der Waals surface area contributed by atoms with E-state index in [9.17, 15) is 0 Å². The monoisotopic (exact) mass is 477 g/mol. The van der Waals surface area contributed by atoms with Gasteiger partial charge in [0.1, 0.15) is 15.6 Å². The van der Waals surface area contributed by atoms with Crippen molar-refractivity contribution >= 4 is 53.7 Å². The van der Waals surface area contributed by atoms with Crippen molar-refractivity contribution in [3.8, 4) is 5.75 Å². The number of nitrogens with zero attached hydrogens (tertiary/aromatic N) is 5. The third kappa shape index (κ3) is 6.76. The van der Waals surface area contributed by atoms with Crippen molar-refractivity contribution in [1.29, 1.82) is 0 Å². The van der Waals surface area contributed by atoms with E-state index in [1.165, 1.54) is 41.1 Å². The number of ether oxygens (including phenoxy) is 1. The number of thiophene rings is 1. The van der Waals surface area contributed by atoms with Gasteiger partial charge in [0, 0.05) is 0 Å². The molecule has 2 aromatic heterocycles. The summed E-state index contributed by atoms with van der Waals surface area (Å²) in [4.78, 5) is 5.46. The van der Waals surface area contributed by atoms with Crippen molar-refractivity contribution in [3.05, 3.63) is 60.2 Å². The van der Waals surface area contributed by atoms with E-state index in [0.29, 0.717) is 5.13 Å². The summed E-state index contributed by atoms with van der Waals surface area (Å²) in [6.45, 7) is 5.09. The average Bonchev–Trinajstić information content (AvgIpc) is 3.40. The molecule has 0 bridgehead atoms. The number of aromatic nitrogens is 1. The molecule has 0 fully saturated rings. The van der Waals surface area contributed by atoms with Gasteiger partial charge in [-0.3, -0.25) is 0 Å². The zero-order chi connectivity index (χ0) is 22.9. The molecule has 33 heavy (non-hydrogen) atoms. The van der Waals surface area contributed by atoms with Crippen LogP contribution in [0.3, 0.4) is 0 Å². The van der Waals surface area contributed by atoms with E-state index in [2.05, 4.69) is 51.4 Å². The molecule has 0 amide bonds. The second-order valence-electron chi connectivity index (χ2n) is 7.62. The molecule has 4 aromatic rings. The minimum absolute atomic E-state index is 0.630. The van der Waals surface area contributed by atoms with Crippen molar-refractivity contribution in [2.24, 2.45) is 20.5 Å². The van der Waals surface area contributed by atoms with Gasteiger partial charge >= 0.3 is 0 Å². The van der Waals surface area contributed by atoms with Gasteiger partial charge in [0.2, 0.25) is 5.13 Å². The second-order valence-corrected chi connectivity index (χ2v) is 9.63. The highest BCUT2D eigenvalue weighted by molar-refractivity contribution is 7.30. The quantitative estimate of drug-likeness (QED) is 0.159. The van der Waals surface area contributed by atoms with Gasteiger partial charge in [0.15, 0.2) is 0 Å². The molecule has 6 nitrogen and oxygen atoms in total. The Morgan fingerprint density at radius 2 is 1.48 bits per heavy atom. The van der Waals surface area contributed by atoms with Crippen molar-refractivity contribution in [1.82, 2.24) is 4.98 Å².